The standard InChI is InChI=1S/C26H29N3O2S/c1-16-4-2-6-21(8-16)27-23(30)20-5-3-7-22(12-20)28-25(32)29-24(31)26-13-17-9-18(14-26)11-19(10-17)15-26/h2-8,12,17-19H,9-11,13-15H2,1H3,(H,27,30)(H2,28,29,31,32). The number of nitrogens with one attached hydrogen (secondary N) is 3. The molecule has 0 radical (unpaired) electrons. The van der Waals surface area contributed by atoms with Gasteiger partial charge in [0.15, 0.2) is 5.11 Å². The molecule has 2 aromatic rings. The second kappa shape index (κ2) is 8.32. The number of carbonyl (C=O) groups excluding carboxylic acids is 2. The Bertz CT molecular complexity index is 1040. The average Bonchev–Trinajstić information content (AvgIpc) is 2.73. The van der Waals surface area contributed by atoms with Crippen molar-refractivity contribution >= 4 is 40.5 Å². The predicted octanol–water partition coefficient (Wildman–Crippen LogP) is 5.28. The molecule has 4 aliphatic rings. The van der Waals surface area contributed by atoms with E-state index in [0.717, 1.165) is 30.5 Å². The fourth-order valence-corrected chi connectivity index (χ4v) is 6.66. The Balaban J connectivity index is 1.21. The molecular formula is C26H29N3O2S. The molecule has 0 heterocycles. The Hall–Kier alpha value is -2.73. The first-order valence-corrected chi connectivity index (χ1v) is 11.9. The van der Waals surface area contributed by atoms with Gasteiger partial charge in [0.25, 0.3) is 5.91 Å². The van der Waals surface area contributed by atoms with Crippen LogP contribution in [0, 0.1) is 30.1 Å². The number of rotatable bonds is 4. The number of hydrogen-bond acceptors (Lipinski definition) is 3. The van der Waals surface area contributed by atoms with Crippen LogP contribution in [0.5, 0.6) is 0 Å². The summed E-state index contributed by atoms with van der Waals surface area (Å²) in [7, 11) is 0. The molecule has 4 bridgehead atoms. The van der Waals surface area contributed by atoms with Crippen LogP contribution in [0.3, 0.4) is 0 Å². The summed E-state index contributed by atoms with van der Waals surface area (Å²) in [6, 6.07) is 14.8. The summed E-state index contributed by atoms with van der Waals surface area (Å²) in [5, 5.41) is 9.26. The molecule has 2 aromatic carbocycles. The van der Waals surface area contributed by atoms with Crippen molar-refractivity contribution in [3.63, 3.8) is 0 Å². The number of aryl methyl sites for hydroxylation is 1. The molecule has 32 heavy (non-hydrogen) atoms. The molecule has 0 spiro atoms. The van der Waals surface area contributed by atoms with Gasteiger partial charge >= 0.3 is 0 Å². The Morgan fingerprint density at radius 1 is 0.875 bits per heavy atom. The lowest BCUT2D eigenvalue weighted by Gasteiger charge is -2.55. The molecule has 4 aliphatic carbocycles. The lowest BCUT2D eigenvalue weighted by Crippen LogP contribution is -2.55. The summed E-state index contributed by atoms with van der Waals surface area (Å²) < 4.78 is 0. The van der Waals surface area contributed by atoms with Crippen molar-refractivity contribution < 1.29 is 9.59 Å². The highest BCUT2D eigenvalue weighted by Crippen LogP contribution is 2.60. The molecule has 6 heteroatoms. The van der Waals surface area contributed by atoms with Gasteiger partial charge in [-0.15, -0.1) is 0 Å². The first kappa shape index (κ1) is 21.1. The van der Waals surface area contributed by atoms with Crippen molar-refractivity contribution in [2.45, 2.75) is 45.4 Å². The third-order valence-electron chi connectivity index (χ3n) is 7.41. The quantitative estimate of drug-likeness (QED) is 0.558. The number of benzene rings is 2. The van der Waals surface area contributed by atoms with Gasteiger partial charge in [0.1, 0.15) is 0 Å². The van der Waals surface area contributed by atoms with E-state index in [2.05, 4.69) is 16.0 Å². The van der Waals surface area contributed by atoms with Gasteiger partial charge in [-0.25, -0.2) is 0 Å². The Labute approximate surface area is 194 Å². The molecule has 0 unspecified atom stereocenters. The Kier molecular flexibility index (Phi) is 5.49. The predicted molar refractivity (Wildman–Crippen MR) is 131 cm³/mol. The van der Waals surface area contributed by atoms with E-state index in [9.17, 15) is 9.59 Å². The van der Waals surface area contributed by atoms with E-state index in [1.54, 1.807) is 18.2 Å². The minimum atomic E-state index is -0.240. The van der Waals surface area contributed by atoms with E-state index in [-0.39, 0.29) is 17.2 Å². The van der Waals surface area contributed by atoms with Gasteiger partial charge in [0.05, 0.1) is 5.41 Å². The van der Waals surface area contributed by atoms with Crippen LogP contribution in [-0.4, -0.2) is 16.9 Å². The van der Waals surface area contributed by atoms with Crippen molar-refractivity contribution in [1.82, 2.24) is 5.32 Å². The van der Waals surface area contributed by atoms with Crippen LogP contribution in [-0.2, 0) is 4.79 Å². The number of anilines is 2. The zero-order chi connectivity index (χ0) is 22.3. The van der Waals surface area contributed by atoms with Crippen molar-refractivity contribution in [2.75, 3.05) is 10.6 Å². The Morgan fingerprint density at radius 2 is 1.47 bits per heavy atom. The van der Waals surface area contributed by atoms with E-state index in [4.69, 9.17) is 12.2 Å². The molecule has 166 valence electrons. The summed E-state index contributed by atoms with van der Waals surface area (Å²) in [6.45, 7) is 1.98. The zero-order valence-electron chi connectivity index (χ0n) is 18.3. The second-order valence-corrected chi connectivity index (χ2v) is 10.4. The number of amides is 2. The van der Waals surface area contributed by atoms with Crippen molar-refractivity contribution in [3.8, 4) is 0 Å². The second-order valence-electron chi connectivity index (χ2n) is 10.0. The smallest absolute Gasteiger partial charge is 0.255 e. The largest absolute Gasteiger partial charge is 0.332 e. The molecule has 0 saturated heterocycles. The highest BCUT2D eigenvalue weighted by Gasteiger charge is 2.54. The fourth-order valence-electron chi connectivity index (χ4n) is 6.45. The average molecular weight is 448 g/mol. The monoisotopic (exact) mass is 447 g/mol. The van der Waals surface area contributed by atoms with Crippen LogP contribution in [0.15, 0.2) is 48.5 Å². The van der Waals surface area contributed by atoms with Crippen LogP contribution in [0.4, 0.5) is 11.4 Å². The van der Waals surface area contributed by atoms with E-state index in [1.165, 1.54) is 19.3 Å². The SMILES string of the molecule is Cc1cccc(NC(=O)c2cccc(NC(=S)NC(=O)C34CC5CC(CC(C5)C3)C4)c2)c1. The van der Waals surface area contributed by atoms with Gasteiger partial charge in [0.2, 0.25) is 5.91 Å². The summed E-state index contributed by atoms with van der Waals surface area (Å²) in [5.74, 6) is 2.00. The molecule has 0 aromatic heterocycles. The lowest BCUT2D eigenvalue weighted by atomic mass is 9.49. The summed E-state index contributed by atoms with van der Waals surface area (Å²) in [4.78, 5) is 25.9. The van der Waals surface area contributed by atoms with E-state index in [1.807, 2.05) is 37.3 Å². The van der Waals surface area contributed by atoms with Crippen LogP contribution >= 0.6 is 12.2 Å². The highest BCUT2D eigenvalue weighted by molar-refractivity contribution is 7.80. The maximum absolute atomic E-state index is 13.2. The summed E-state index contributed by atoms with van der Waals surface area (Å²) >= 11 is 5.45. The van der Waals surface area contributed by atoms with Gasteiger partial charge in [-0.3, -0.25) is 9.59 Å². The number of thiocarbonyl (C=S) groups is 1. The van der Waals surface area contributed by atoms with Gasteiger partial charge < -0.3 is 16.0 Å². The van der Waals surface area contributed by atoms with Crippen LogP contribution in [0.1, 0.15) is 54.4 Å². The van der Waals surface area contributed by atoms with Crippen molar-refractivity contribution in [2.24, 2.45) is 23.2 Å². The third-order valence-corrected chi connectivity index (χ3v) is 7.61. The fraction of sp³-hybridized carbons (Fsp3) is 0.423. The van der Waals surface area contributed by atoms with E-state index >= 15 is 0 Å². The van der Waals surface area contributed by atoms with Gasteiger partial charge in [-0.2, -0.15) is 0 Å². The van der Waals surface area contributed by atoms with Crippen molar-refractivity contribution in [1.29, 1.82) is 0 Å². The minimum absolute atomic E-state index is 0.0717. The van der Waals surface area contributed by atoms with Crippen LogP contribution < -0.4 is 16.0 Å². The van der Waals surface area contributed by atoms with Crippen molar-refractivity contribution in [3.05, 3.63) is 59.7 Å². The maximum Gasteiger partial charge on any atom is 0.255 e. The van der Waals surface area contributed by atoms with Gasteiger partial charge in [0, 0.05) is 16.9 Å². The molecule has 5 nitrogen and oxygen atoms in total. The number of hydrogen-bond donors (Lipinski definition) is 3. The molecule has 0 aliphatic heterocycles. The molecule has 4 fully saturated rings. The third kappa shape index (κ3) is 4.29. The summed E-state index contributed by atoms with van der Waals surface area (Å²) in [5.41, 5.74) is 2.80. The molecule has 6 rings (SSSR count). The van der Waals surface area contributed by atoms with Crippen LogP contribution in [0.25, 0.3) is 0 Å². The molecular weight excluding hydrogens is 418 g/mol. The van der Waals surface area contributed by atoms with E-state index in [0.29, 0.717) is 34.1 Å². The lowest BCUT2D eigenvalue weighted by molar-refractivity contribution is -0.144. The highest BCUT2D eigenvalue weighted by atomic mass is 32.1. The normalized spacial score (nSPS) is 27.6. The van der Waals surface area contributed by atoms with Gasteiger partial charge in [-0.1, -0.05) is 18.2 Å². The topological polar surface area (TPSA) is 70.2 Å². The number of carbonyl (C=O) groups is 2. The Morgan fingerprint density at radius 3 is 2.09 bits per heavy atom. The first-order valence-electron chi connectivity index (χ1n) is 11.5. The first-order chi connectivity index (χ1) is 15.4. The molecule has 0 atom stereocenters. The summed E-state index contributed by atoms with van der Waals surface area (Å²) in [6.07, 6.45) is 6.90. The zero-order valence-corrected chi connectivity index (χ0v) is 19.1. The van der Waals surface area contributed by atoms with Gasteiger partial charge in [-0.05, 0) is 111 Å². The van der Waals surface area contributed by atoms with Crippen LogP contribution in [0.2, 0.25) is 0 Å². The molecule has 3 N–H and O–H groups in total. The molecule has 2 amide bonds. The molecule has 4 saturated carbocycles. The minimum Gasteiger partial charge on any atom is -0.332 e. The maximum atomic E-state index is 13.2. The van der Waals surface area contributed by atoms with E-state index < -0.39 is 0 Å².